The molecular weight excluding hydrogens is 108 g/mol. The van der Waals surface area contributed by atoms with Crippen LogP contribution in [0, 0.1) is 0 Å². The summed E-state index contributed by atoms with van der Waals surface area (Å²) in [4.78, 5) is 0. The third-order valence-corrected chi connectivity index (χ3v) is 1.43. The molecular formula is C5H8O3. The second-order valence-electron chi connectivity index (χ2n) is 2.39. The number of ether oxygens (including phenoxy) is 2. The summed E-state index contributed by atoms with van der Waals surface area (Å²) in [6, 6.07) is 0. The van der Waals surface area contributed by atoms with Gasteiger partial charge in [-0.15, -0.1) is 0 Å². The fourth-order valence-corrected chi connectivity index (χ4v) is 0.743. The van der Waals surface area contributed by atoms with Crippen LogP contribution < -0.4 is 0 Å². The second kappa shape index (κ2) is 1.23. The molecule has 2 atom stereocenters. The first-order valence-electron chi connectivity index (χ1n) is 2.76. The van der Waals surface area contributed by atoms with Crippen LogP contribution in [0.25, 0.3) is 0 Å². The molecule has 0 spiro atoms. The largest absolute Gasteiger partial charge is 0.373 e. The van der Waals surface area contributed by atoms with Gasteiger partial charge in [0.05, 0.1) is 12.7 Å². The molecule has 8 heavy (non-hydrogen) atoms. The Hall–Kier alpha value is -0.120. The van der Waals surface area contributed by atoms with Crippen molar-refractivity contribution in [2.75, 3.05) is 13.2 Å². The van der Waals surface area contributed by atoms with Crippen molar-refractivity contribution < 1.29 is 14.6 Å². The molecule has 2 aliphatic rings. The fraction of sp³-hybridized carbons (Fsp3) is 1.00. The van der Waals surface area contributed by atoms with Crippen LogP contribution in [0.5, 0.6) is 0 Å². The predicted octanol–water partition coefficient (Wildman–Crippen LogP) is -0.506. The minimum Gasteiger partial charge on any atom is -0.373 e. The summed E-state index contributed by atoms with van der Waals surface area (Å²) in [6.07, 6.45) is 0.940. The Kier molecular flexibility index (Phi) is 0.730. The molecule has 0 aromatic heterocycles. The molecule has 2 heterocycles. The van der Waals surface area contributed by atoms with Crippen LogP contribution in [0.4, 0.5) is 0 Å². The standard InChI is InChI=1S/C5H8O3/c6-5(3-8-5)1-4-2-7-4/h4,6H,1-3H2. The van der Waals surface area contributed by atoms with Gasteiger partial charge in [0.25, 0.3) is 0 Å². The van der Waals surface area contributed by atoms with E-state index < -0.39 is 5.79 Å². The molecule has 2 aliphatic heterocycles. The fourth-order valence-electron chi connectivity index (χ4n) is 0.743. The molecule has 0 saturated carbocycles. The van der Waals surface area contributed by atoms with Crippen molar-refractivity contribution in [2.45, 2.75) is 18.3 Å². The molecule has 2 rings (SSSR count). The summed E-state index contributed by atoms with van der Waals surface area (Å²) in [7, 11) is 0. The third kappa shape index (κ3) is 0.844. The Morgan fingerprint density at radius 3 is 2.75 bits per heavy atom. The van der Waals surface area contributed by atoms with E-state index in [0.29, 0.717) is 13.0 Å². The average molecular weight is 116 g/mol. The van der Waals surface area contributed by atoms with E-state index >= 15 is 0 Å². The molecule has 3 heteroatoms. The highest BCUT2D eigenvalue weighted by molar-refractivity contribution is 4.86. The van der Waals surface area contributed by atoms with Crippen molar-refractivity contribution in [1.82, 2.24) is 0 Å². The third-order valence-electron chi connectivity index (χ3n) is 1.43. The Morgan fingerprint density at radius 2 is 2.38 bits per heavy atom. The lowest BCUT2D eigenvalue weighted by Crippen LogP contribution is -2.11. The Balaban J connectivity index is 1.81. The number of hydrogen-bond acceptors (Lipinski definition) is 3. The van der Waals surface area contributed by atoms with Gasteiger partial charge in [-0.05, 0) is 0 Å². The zero-order valence-electron chi connectivity index (χ0n) is 4.46. The lowest BCUT2D eigenvalue weighted by atomic mass is 10.2. The second-order valence-corrected chi connectivity index (χ2v) is 2.39. The summed E-state index contributed by atoms with van der Waals surface area (Å²) in [5, 5.41) is 9.04. The van der Waals surface area contributed by atoms with Crippen molar-refractivity contribution in [1.29, 1.82) is 0 Å². The highest BCUT2D eigenvalue weighted by Gasteiger charge is 2.47. The van der Waals surface area contributed by atoms with Gasteiger partial charge in [0.1, 0.15) is 6.61 Å². The van der Waals surface area contributed by atoms with Crippen LogP contribution >= 0.6 is 0 Å². The van der Waals surface area contributed by atoms with Crippen LogP contribution in [0.1, 0.15) is 6.42 Å². The molecule has 2 saturated heterocycles. The zero-order chi connectivity index (χ0) is 5.61. The van der Waals surface area contributed by atoms with Crippen molar-refractivity contribution in [3.05, 3.63) is 0 Å². The normalized spacial score (nSPS) is 51.4. The summed E-state index contributed by atoms with van der Waals surface area (Å²) in [5.74, 6) is -0.791. The Labute approximate surface area is 47.2 Å². The first-order chi connectivity index (χ1) is 3.79. The maximum Gasteiger partial charge on any atom is 0.192 e. The Morgan fingerprint density at radius 1 is 1.75 bits per heavy atom. The molecule has 0 bridgehead atoms. The molecule has 0 radical (unpaired) electrons. The molecule has 0 aliphatic carbocycles. The minimum absolute atomic E-state index is 0.280. The van der Waals surface area contributed by atoms with Gasteiger partial charge in [0, 0.05) is 6.42 Å². The van der Waals surface area contributed by atoms with Gasteiger partial charge in [-0.25, -0.2) is 0 Å². The van der Waals surface area contributed by atoms with Crippen molar-refractivity contribution in [3.8, 4) is 0 Å². The van der Waals surface area contributed by atoms with Gasteiger partial charge in [0.2, 0.25) is 0 Å². The van der Waals surface area contributed by atoms with Gasteiger partial charge in [0.15, 0.2) is 5.79 Å². The average Bonchev–Trinajstić information content (AvgIpc) is 2.49. The SMILES string of the molecule is OC1(CC2CO2)CO1. The van der Waals surface area contributed by atoms with Crippen molar-refractivity contribution >= 4 is 0 Å². The molecule has 2 fully saturated rings. The van der Waals surface area contributed by atoms with Crippen molar-refractivity contribution in [2.24, 2.45) is 0 Å². The highest BCUT2D eigenvalue weighted by atomic mass is 16.7. The van der Waals surface area contributed by atoms with Crippen LogP contribution in [0.2, 0.25) is 0 Å². The zero-order valence-corrected chi connectivity index (χ0v) is 4.46. The molecule has 46 valence electrons. The van der Waals surface area contributed by atoms with Gasteiger partial charge >= 0.3 is 0 Å². The van der Waals surface area contributed by atoms with E-state index in [4.69, 9.17) is 14.6 Å². The number of hydrogen-bond donors (Lipinski definition) is 1. The highest BCUT2D eigenvalue weighted by Crippen LogP contribution is 2.32. The monoisotopic (exact) mass is 116 g/mol. The van der Waals surface area contributed by atoms with E-state index in [1.807, 2.05) is 0 Å². The molecule has 1 N–H and O–H groups in total. The van der Waals surface area contributed by atoms with Gasteiger partial charge in [-0.2, -0.15) is 0 Å². The molecule has 3 nitrogen and oxygen atoms in total. The van der Waals surface area contributed by atoms with Crippen LogP contribution in [0.3, 0.4) is 0 Å². The summed E-state index contributed by atoms with van der Waals surface area (Å²) >= 11 is 0. The summed E-state index contributed by atoms with van der Waals surface area (Å²) in [5.41, 5.74) is 0. The van der Waals surface area contributed by atoms with Gasteiger partial charge in [-0.3, -0.25) is 0 Å². The van der Waals surface area contributed by atoms with E-state index in [2.05, 4.69) is 0 Å². The lowest BCUT2D eigenvalue weighted by Gasteiger charge is -1.96. The van der Waals surface area contributed by atoms with E-state index in [0.717, 1.165) is 6.61 Å². The van der Waals surface area contributed by atoms with E-state index in [1.165, 1.54) is 0 Å². The van der Waals surface area contributed by atoms with Gasteiger partial charge < -0.3 is 14.6 Å². The quantitative estimate of drug-likeness (QED) is 0.494. The molecule has 2 unspecified atom stereocenters. The van der Waals surface area contributed by atoms with E-state index in [9.17, 15) is 0 Å². The summed E-state index contributed by atoms with van der Waals surface area (Å²) in [6.45, 7) is 1.29. The van der Waals surface area contributed by atoms with Gasteiger partial charge in [-0.1, -0.05) is 0 Å². The minimum atomic E-state index is -0.791. The number of epoxide rings is 2. The predicted molar refractivity (Wildman–Crippen MR) is 25.3 cm³/mol. The van der Waals surface area contributed by atoms with E-state index in [-0.39, 0.29) is 6.10 Å². The first-order valence-corrected chi connectivity index (χ1v) is 2.76. The topological polar surface area (TPSA) is 45.3 Å². The smallest absolute Gasteiger partial charge is 0.192 e. The van der Waals surface area contributed by atoms with Crippen LogP contribution in [0.15, 0.2) is 0 Å². The molecule has 0 amide bonds. The molecule has 0 aromatic carbocycles. The Bertz CT molecular complexity index is 104. The number of rotatable bonds is 2. The summed E-state index contributed by atoms with van der Waals surface area (Å²) < 4.78 is 9.61. The van der Waals surface area contributed by atoms with Crippen molar-refractivity contribution in [3.63, 3.8) is 0 Å². The molecule has 0 aromatic rings. The van der Waals surface area contributed by atoms with E-state index in [1.54, 1.807) is 0 Å². The van der Waals surface area contributed by atoms with Crippen LogP contribution in [-0.2, 0) is 9.47 Å². The van der Waals surface area contributed by atoms with Crippen LogP contribution in [-0.4, -0.2) is 30.2 Å². The maximum atomic E-state index is 9.04. The maximum absolute atomic E-state index is 9.04. The first kappa shape index (κ1) is 4.73. The number of aliphatic hydroxyl groups is 1. The lowest BCUT2D eigenvalue weighted by molar-refractivity contribution is 0.0225.